The quantitative estimate of drug-likeness (QED) is 0.813. The first kappa shape index (κ1) is 20.4. The Hall–Kier alpha value is -1.92. The van der Waals surface area contributed by atoms with Crippen molar-refractivity contribution in [3.8, 4) is 0 Å². The third-order valence-electron chi connectivity index (χ3n) is 7.30. The van der Waals surface area contributed by atoms with Gasteiger partial charge in [-0.2, -0.15) is 0 Å². The van der Waals surface area contributed by atoms with Crippen LogP contribution in [0.2, 0.25) is 0 Å². The van der Waals surface area contributed by atoms with E-state index in [1.54, 1.807) is 11.9 Å². The van der Waals surface area contributed by atoms with E-state index in [9.17, 15) is 14.7 Å². The average Bonchev–Trinajstić information content (AvgIpc) is 2.73. The number of aliphatic hydroxyl groups is 1. The standard InChI is InChI=1S/C23H33N3O3/c1-25-20(27)19(16-22(29)10-6-3-7-11-22)24-21(28)23(25)12-14-26(15-13-23)17-18-8-4-2-5-9-18/h2,4-5,8-9,19,29H,3,6-7,10-17H2,1H3,(H,24,28)/t19-/m1/s1. The lowest BCUT2D eigenvalue weighted by Gasteiger charge is -2.51. The van der Waals surface area contributed by atoms with Crippen LogP contribution in [-0.2, 0) is 16.1 Å². The number of carbonyl (C=O) groups is 2. The molecule has 1 spiro atoms. The van der Waals surface area contributed by atoms with E-state index in [0.29, 0.717) is 19.3 Å². The number of hydrogen-bond donors (Lipinski definition) is 2. The van der Waals surface area contributed by atoms with Crippen molar-refractivity contribution in [3.05, 3.63) is 35.9 Å². The van der Waals surface area contributed by atoms with Gasteiger partial charge in [-0.15, -0.1) is 0 Å². The fourth-order valence-corrected chi connectivity index (χ4v) is 5.37. The molecular formula is C23H33N3O3. The second kappa shape index (κ2) is 8.07. The molecule has 3 fully saturated rings. The Balaban J connectivity index is 1.39. The molecule has 2 saturated heterocycles. The van der Waals surface area contributed by atoms with E-state index in [1.807, 2.05) is 18.2 Å². The summed E-state index contributed by atoms with van der Waals surface area (Å²) in [5.74, 6) is -0.108. The van der Waals surface area contributed by atoms with Crippen molar-refractivity contribution < 1.29 is 14.7 Å². The molecule has 2 aliphatic heterocycles. The summed E-state index contributed by atoms with van der Waals surface area (Å²) in [6, 6.07) is 9.73. The molecule has 2 heterocycles. The monoisotopic (exact) mass is 399 g/mol. The van der Waals surface area contributed by atoms with Crippen molar-refractivity contribution in [3.63, 3.8) is 0 Å². The molecule has 0 radical (unpaired) electrons. The number of nitrogens with one attached hydrogen (secondary N) is 1. The lowest BCUT2D eigenvalue weighted by molar-refractivity contribution is -0.161. The van der Waals surface area contributed by atoms with E-state index < -0.39 is 17.2 Å². The number of piperidine rings is 1. The number of piperazine rings is 1. The van der Waals surface area contributed by atoms with Crippen LogP contribution in [0.25, 0.3) is 0 Å². The Morgan fingerprint density at radius 2 is 1.69 bits per heavy atom. The molecule has 6 nitrogen and oxygen atoms in total. The van der Waals surface area contributed by atoms with Gasteiger partial charge in [-0.25, -0.2) is 0 Å². The number of hydrogen-bond acceptors (Lipinski definition) is 4. The fraction of sp³-hybridized carbons (Fsp3) is 0.652. The molecule has 0 aromatic heterocycles. The fourth-order valence-electron chi connectivity index (χ4n) is 5.37. The summed E-state index contributed by atoms with van der Waals surface area (Å²) in [6.45, 7) is 2.44. The lowest BCUT2D eigenvalue weighted by atomic mass is 9.77. The summed E-state index contributed by atoms with van der Waals surface area (Å²) in [5.41, 5.74) is -0.312. The van der Waals surface area contributed by atoms with Gasteiger partial charge in [0, 0.05) is 33.1 Å². The van der Waals surface area contributed by atoms with Gasteiger partial charge >= 0.3 is 0 Å². The second-order valence-electron chi connectivity index (χ2n) is 9.21. The first-order valence-corrected chi connectivity index (χ1v) is 11.0. The molecule has 2 N–H and O–H groups in total. The van der Waals surface area contributed by atoms with Crippen LogP contribution in [0.4, 0.5) is 0 Å². The molecule has 29 heavy (non-hydrogen) atoms. The maximum absolute atomic E-state index is 13.1. The number of likely N-dealkylation sites (N-methyl/N-ethyl adjacent to an activating group) is 1. The normalized spacial score (nSPS) is 27.1. The molecule has 4 rings (SSSR count). The zero-order chi connectivity index (χ0) is 20.5. The molecule has 3 aliphatic rings. The second-order valence-corrected chi connectivity index (χ2v) is 9.21. The van der Waals surface area contributed by atoms with Crippen LogP contribution in [0.3, 0.4) is 0 Å². The molecule has 1 aromatic rings. The van der Waals surface area contributed by atoms with Crippen LogP contribution in [0.5, 0.6) is 0 Å². The lowest BCUT2D eigenvalue weighted by Crippen LogP contribution is -2.72. The Labute approximate surface area is 173 Å². The summed E-state index contributed by atoms with van der Waals surface area (Å²) < 4.78 is 0. The minimum Gasteiger partial charge on any atom is -0.390 e. The number of carbonyl (C=O) groups excluding carboxylic acids is 2. The Morgan fingerprint density at radius 1 is 1.03 bits per heavy atom. The van der Waals surface area contributed by atoms with E-state index in [-0.39, 0.29) is 11.8 Å². The first-order chi connectivity index (χ1) is 13.9. The molecule has 1 atom stereocenters. The van der Waals surface area contributed by atoms with Crippen LogP contribution in [0, 0.1) is 0 Å². The van der Waals surface area contributed by atoms with Crippen LogP contribution in [0.1, 0.15) is 56.9 Å². The highest BCUT2D eigenvalue weighted by molar-refractivity contribution is 5.99. The number of likely N-dealkylation sites (tertiary alicyclic amines) is 1. The smallest absolute Gasteiger partial charge is 0.246 e. The molecule has 1 aliphatic carbocycles. The molecule has 158 valence electrons. The zero-order valence-electron chi connectivity index (χ0n) is 17.4. The zero-order valence-corrected chi connectivity index (χ0v) is 17.4. The Kier molecular flexibility index (Phi) is 5.67. The summed E-state index contributed by atoms with van der Waals surface area (Å²) >= 11 is 0. The highest BCUT2D eigenvalue weighted by atomic mass is 16.3. The van der Waals surface area contributed by atoms with Gasteiger partial charge in [-0.1, -0.05) is 49.6 Å². The molecule has 2 amide bonds. The number of rotatable bonds is 4. The van der Waals surface area contributed by atoms with Crippen LogP contribution < -0.4 is 5.32 Å². The first-order valence-electron chi connectivity index (χ1n) is 11.0. The minimum atomic E-state index is -0.823. The van der Waals surface area contributed by atoms with E-state index in [4.69, 9.17) is 0 Å². The third kappa shape index (κ3) is 4.05. The molecule has 1 aromatic carbocycles. The minimum absolute atomic E-state index is 0.0524. The molecule has 0 bridgehead atoms. The Bertz CT molecular complexity index is 737. The van der Waals surface area contributed by atoms with Gasteiger partial charge in [-0.3, -0.25) is 14.5 Å². The molecule has 6 heteroatoms. The van der Waals surface area contributed by atoms with Gasteiger partial charge in [0.25, 0.3) is 0 Å². The van der Waals surface area contributed by atoms with E-state index >= 15 is 0 Å². The predicted octanol–water partition coefficient (Wildman–Crippen LogP) is 2.06. The summed E-state index contributed by atoms with van der Waals surface area (Å²) in [7, 11) is 1.77. The maximum atomic E-state index is 13.1. The van der Waals surface area contributed by atoms with Gasteiger partial charge in [0.15, 0.2) is 0 Å². The van der Waals surface area contributed by atoms with Crippen molar-refractivity contribution in [2.75, 3.05) is 20.1 Å². The van der Waals surface area contributed by atoms with Crippen molar-refractivity contribution >= 4 is 11.8 Å². The molecule has 0 unspecified atom stereocenters. The maximum Gasteiger partial charge on any atom is 0.246 e. The summed E-state index contributed by atoms with van der Waals surface area (Å²) in [5, 5.41) is 13.8. The van der Waals surface area contributed by atoms with Gasteiger partial charge in [0.2, 0.25) is 11.8 Å². The number of benzene rings is 1. The largest absolute Gasteiger partial charge is 0.390 e. The van der Waals surface area contributed by atoms with E-state index in [1.165, 1.54) is 5.56 Å². The van der Waals surface area contributed by atoms with Gasteiger partial charge in [0.1, 0.15) is 11.6 Å². The predicted molar refractivity (Wildman–Crippen MR) is 111 cm³/mol. The topological polar surface area (TPSA) is 72.9 Å². The SMILES string of the molecule is CN1C(=O)[C@@H](CC2(O)CCCCC2)NC(=O)C12CCN(Cc1ccccc1)CC2. The Morgan fingerprint density at radius 3 is 2.34 bits per heavy atom. The van der Waals surface area contributed by atoms with Crippen LogP contribution >= 0.6 is 0 Å². The van der Waals surface area contributed by atoms with Crippen LogP contribution in [-0.4, -0.2) is 64.0 Å². The average molecular weight is 400 g/mol. The van der Waals surface area contributed by atoms with Crippen LogP contribution in [0.15, 0.2) is 30.3 Å². The van der Waals surface area contributed by atoms with Crippen molar-refractivity contribution in [2.45, 2.75) is 75.1 Å². The highest BCUT2D eigenvalue weighted by Gasteiger charge is 2.53. The van der Waals surface area contributed by atoms with Crippen molar-refractivity contribution in [1.29, 1.82) is 0 Å². The number of nitrogens with zero attached hydrogens (tertiary/aromatic N) is 2. The van der Waals surface area contributed by atoms with E-state index in [2.05, 4.69) is 22.3 Å². The van der Waals surface area contributed by atoms with Gasteiger partial charge in [0.05, 0.1) is 5.60 Å². The van der Waals surface area contributed by atoms with Crippen molar-refractivity contribution in [2.24, 2.45) is 0 Å². The van der Waals surface area contributed by atoms with Gasteiger partial charge < -0.3 is 15.3 Å². The van der Waals surface area contributed by atoms with E-state index in [0.717, 1.165) is 51.7 Å². The highest BCUT2D eigenvalue weighted by Crippen LogP contribution is 2.36. The molecular weight excluding hydrogens is 366 g/mol. The third-order valence-corrected chi connectivity index (χ3v) is 7.30. The van der Waals surface area contributed by atoms with Crippen molar-refractivity contribution in [1.82, 2.24) is 15.1 Å². The van der Waals surface area contributed by atoms with Gasteiger partial charge in [-0.05, 0) is 31.2 Å². The summed E-state index contributed by atoms with van der Waals surface area (Å²) in [6.07, 6.45) is 6.17. The number of amides is 2. The molecule has 1 saturated carbocycles. The summed E-state index contributed by atoms with van der Waals surface area (Å²) in [4.78, 5) is 30.3.